The molecule has 1 amide bonds. The second-order valence-corrected chi connectivity index (χ2v) is 8.00. The van der Waals surface area contributed by atoms with Gasteiger partial charge in [-0.1, -0.05) is 23.2 Å². The quantitative estimate of drug-likeness (QED) is 0.784. The second kappa shape index (κ2) is 6.08. The van der Waals surface area contributed by atoms with Crippen LogP contribution in [0.4, 0.5) is 11.4 Å². The number of amides is 1. The van der Waals surface area contributed by atoms with E-state index in [0.29, 0.717) is 14.4 Å². The lowest BCUT2D eigenvalue weighted by Crippen LogP contribution is -2.18. The highest BCUT2D eigenvalue weighted by atomic mass is 35.5. The number of anilines is 2. The van der Waals surface area contributed by atoms with Crippen LogP contribution >= 0.6 is 46.3 Å². The summed E-state index contributed by atoms with van der Waals surface area (Å²) in [6, 6.07) is 7.87. The number of fused-ring (bicyclic) bond motifs is 1. The molecule has 0 bridgehead atoms. The Balaban J connectivity index is 1.80. The highest BCUT2D eigenvalue weighted by Gasteiger charge is 2.17. The smallest absolute Gasteiger partial charge is 0.234 e. The van der Waals surface area contributed by atoms with Crippen molar-refractivity contribution < 1.29 is 4.79 Å². The Bertz CT molecular complexity index is 702. The first-order valence-corrected chi connectivity index (χ1v) is 8.86. The highest BCUT2D eigenvalue weighted by molar-refractivity contribution is 8.00. The maximum atomic E-state index is 11.4. The van der Waals surface area contributed by atoms with Gasteiger partial charge in [0, 0.05) is 16.1 Å². The summed E-state index contributed by atoms with van der Waals surface area (Å²) in [7, 11) is 0. The van der Waals surface area contributed by atoms with Crippen molar-refractivity contribution in [1.82, 2.24) is 0 Å². The molecule has 0 radical (unpaired) electrons. The second-order valence-electron chi connectivity index (χ2n) is 4.69. The fraction of sp³-hybridized carbons (Fsp3) is 0.214. The van der Waals surface area contributed by atoms with Gasteiger partial charge < -0.3 is 10.6 Å². The van der Waals surface area contributed by atoms with Gasteiger partial charge in [0.1, 0.15) is 0 Å². The van der Waals surface area contributed by atoms with Crippen LogP contribution in [-0.2, 0) is 4.79 Å². The Labute approximate surface area is 141 Å². The monoisotopic (exact) mass is 358 g/mol. The minimum atomic E-state index is 0.0327. The van der Waals surface area contributed by atoms with E-state index in [1.807, 2.05) is 31.2 Å². The summed E-state index contributed by atoms with van der Waals surface area (Å²) in [5, 5.41) is 6.26. The van der Waals surface area contributed by atoms with Crippen molar-refractivity contribution >= 4 is 63.6 Å². The summed E-state index contributed by atoms with van der Waals surface area (Å²) in [5.41, 5.74) is 2.76. The molecule has 2 N–H and O–H groups in total. The predicted molar refractivity (Wildman–Crippen MR) is 92.2 cm³/mol. The zero-order valence-electron chi connectivity index (χ0n) is 11.1. The van der Waals surface area contributed by atoms with E-state index in [1.165, 1.54) is 11.3 Å². The molecule has 1 aliphatic rings. The molecule has 2 heterocycles. The van der Waals surface area contributed by atoms with Crippen LogP contribution < -0.4 is 10.6 Å². The summed E-state index contributed by atoms with van der Waals surface area (Å²) in [4.78, 5) is 12.5. The molecule has 110 valence electrons. The molecule has 0 aliphatic carbocycles. The zero-order valence-corrected chi connectivity index (χ0v) is 14.2. The lowest BCUT2D eigenvalue weighted by atomic mass is 10.1. The first-order chi connectivity index (χ1) is 10.0. The summed E-state index contributed by atoms with van der Waals surface area (Å²) in [6.07, 6.45) is 0. The van der Waals surface area contributed by atoms with Crippen LogP contribution in [0.5, 0.6) is 0 Å². The molecule has 0 fully saturated rings. The van der Waals surface area contributed by atoms with Gasteiger partial charge in [-0.15, -0.1) is 23.1 Å². The molecular formula is C14H12Cl2N2OS2. The highest BCUT2D eigenvalue weighted by Crippen LogP contribution is 2.37. The Morgan fingerprint density at radius 3 is 2.86 bits per heavy atom. The SMILES string of the molecule is CC(Nc1ccc2c(c1)NC(=O)CS2)c1cc(Cl)sc1Cl. The number of halogens is 2. The fourth-order valence-electron chi connectivity index (χ4n) is 2.15. The number of hydrogen-bond donors (Lipinski definition) is 2. The van der Waals surface area contributed by atoms with Crippen molar-refractivity contribution in [3.63, 3.8) is 0 Å². The molecule has 21 heavy (non-hydrogen) atoms. The number of benzene rings is 1. The average Bonchev–Trinajstić information content (AvgIpc) is 2.77. The molecule has 1 unspecified atom stereocenters. The van der Waals surface area contributed by atoms with Gasteiger partial charge in [-0.25, -0.2) is 0 Å². The average molecular weight is 359 g/mol. The third-order valence-corrected chi connectivity index (χ3v) is 5.74. The Morgan fingerprint density at radius 2 is 2.14 bits per heavy atom. The molecule has 1 aliphatic heterocycles. The van der Waals surface area contributed by atoms with Gasteiger partial charge in [-0.05, 0) is 31.2 Å². The van der Waals surface area contributed by atoms with Gasteiger partial charge in [0.05, 0.1) is 26.2 Å². The van der Waals surface area contributed by atoms with Crippen LogP contribution in [0.1, 0.15) is 18.5 Å². The van der Waals surface area contributed by atoms with Crippen LogP contribution in [-0.4, -0.2) is 11.7 Å². The van der Waals surface area contributed by atoms with E-state index >= 15 is 0 Å². The van der Waals surface area contributed by atoms with Crippen LogP contribution in [0.15, 0.2) is 29.2 Å². The lowest BCUT2D eigenvalue weighted by molar-refractivity contribution is -0.113. The Morgan fingerprint density at radius 1 is 1.33 bits per heavy atom. The van der Waals surface area contributed by atoms with Gasteiger partial charge in [0.2, 0.25) is 5.91 Å². The number of hydrogen-bond acceptors (Lipinski definition) is 4. The molecule has 3 nitrogen and oxygen atoms in total. The van der Waals surface area contributed by atoms with E-state index in [4.69, 9.17) is 23.2 Å². The number of nitrogens with one attached hydrogen (secondary N) is 2. The van der Waals surface area contributed by atoms with Crippen molar-refractivity contribution in [1.29, 1.82) is 0 Å². The van der Waals surface area contributed by atoms with Crippen LogP contribution in [0.3, 0.4) is 0 Å². The van der Waals surface area contributed by atoms with Gasteiger partial charge >= 0.3 is 0 Å². The Hall–Kier alpha value is -0.880. The van der Waals surface area contributed by atoms with Crippen molar-refractivity contribution in [2.45, 2.75) is 17.9 Å². The molecule has 3 rings (SSSR count). The number of carbonyl (C=O) groups excluding carboxylic acids is 1. The predicted octanol–water partition coefficient (Wildman–Crippen LogP) is 5.27. The summed E-state index contributed by atoms with van der Waals surface area (Å²) >= 11 is 15.1. The van der Waals surface area contributed by atoms with E-state index in [1.54, 1.807) is 11.8 Å². The van der Waals surface area contributed by atoms with Gasteiger partial charge in [0.15, 0.2) is 0 Å². The molecule has 1 aromatic heterocycles. The molecule has 2 aromatic rings. The summed E-state index contributed by atoms with van der Waals surface area (Å²) in [6.45, 7) is 2.02. The number of rotatable bonds is 3. The zero-order chi connectivity index (χ0) is 15.0. The number of thioether (sulfide) groups is 1. The summed E-state index contributed by atoms with van der Waals surface area (Å²) < 4.78 is 1.37. The Kier molecular flexibility index (Phi) is 4.36. The van der Waals surface area contributed by atoms with Gasteiger partial charge in [-0.3, -0.25) is 4.79 Å². The minimum absolute atomic E-state index is 0.0327. The third kappa shape index (κ3) is 3.31. The molecule has 1 atom stereocenters. The minimum Gasteiger partial charge on any atom is -0.378 e. The molecule has 7 heteroatoms. The first-order valence-electron chi connectivity index (χ1n) is 6.31. The largest absolute Gasteiger partial charge is 0.378 e. The standard InChI is InChI=1S/C14H12Cl2N2OS2/c1-7(9-5-12(15)21-14(9)16)17-8-2-3-11-10(4-8)18-13(19)6-20-11/h2-5,7,17H,6H2,1H3,(H,18,19). The third-order valence-electron chi connectivity index (χ3n) is 3.15. The van der Waals surface area contributed by atoms with E-state index in [2.05, 4.69) is 10.6 Å². The molecule has 0 spiro atoms. The first kappa shape index (κ1) is 15.0. The number of carbonyl (C=O) groups is 1. The molecule has 0 saturated heterocycles. The van der Waals surface area contributed by atoms with Gasteiger partial charge in [-0.2, -0.15) is 0 Å². The molecule has 0 saturated carbocycles. The topological polar surface area (TPSA) is 41.1 Å². The van der Waals surface area contributed by atoms with Gasteiger partial charge in [0.25, 0.3) is 0 Å². The maximum absolute atomic E-state index is 11.4. The maximum Gasteiger partial charge on any atom is 0.234 e. The fourth-order valence-corrected chi connectivity index (χ4v) is 4.58. The molecular weight excluding hydrogens is 347 g/mol. The van der Waals surface area contributed by atoms with Crippen molar-refractivity contribution in [2.75, 3.05) is 16.4 Å². The van der Waals surface area contributed by atoms with Crippen LogP contribution in [0, 0.1) is 0 Å². The normalized spacial score (nSPS) is 15.3. The van der Waals surface area contributed by atoms with E-state index in [9.17, 15) is 4.79 Å². The van der Waals surface area contributed by atoms with Crippen LogP contribution in [0.25, 0.3) is 0 Å². The van der Waals surface area contributed by atoms with E-state index in [-0.39, 0.29) is 11.9 Å². The van der Waals surface area contributed by atoms with E-state index < -0.39 is 0 Å². The van der Waals surface area contributed by atoms with Crippen molar-refractivity contribution in [3.05, 3.63) is 38.5 Å². The summed E-state index contributed by atoms with van der Waals surface area (Å²) in [5.74, 6) is 0.504. The van der Waals surface area contributed by atoms with E-state index in [0.717, 1.165) is 21.8 Å². The lowest BCUT2D eigenvalue weighted by Gasteiger charge is -2.19. The number of thiophene rings is 1. The van der Waals surface area contributed by atoms with Crippen molar-refractivity contribution in [3.8, 4) is 0 Å². The van der Waals surface area contributed by atoms with Crippen molar-refractivity contribution in [2.24, 2.45) is 0 Å². The van der Waals surface area contributed by atoms with Crippen LogP contribution in [0.2, 0.25) is 8.67 Å². The molecule has 1 aromatic carbocycles.